The molecule has 1 aromatic rings. The lowest BCUT2D eigenvalue weighted by atomic mass is 9.98. The zero-order valence-corrected chi connectivity index (χ0v) is 11.7. The highest BCUT2D eigenvalue weighted by Crippen LogP contribution is 2.12. The van der Waals surface area contributed by atoms with Crippen molar-refractivity contribution >= 4 is 11.8 Å². The second-order valence-electron chi connectivity index (χ2n) is 4.86. The summed E-state index contributed by atoms with van der Waals surface area (Å²) >= 11 is 0. The molecule has 0 bridgehead atoms. The first kappa shape index (κ1) is 15.4. The highest BCUT2D eigenvalue weighted by atomic mass is 16.4. The number of aliphatic carboxylic acids is 1. The van der Waals surface area contributed by atoms with E-state index in [9.17, 15) is 9.59 Å². The van der Waals surface area contributed by atoms with Crippen LogP contribution in [0.2, 0.25) is 0 Å². The molecule has 1 aromatic carbocycles. The van der Waals surface area contributed by atoms with Gasteiger partial charge in [-0.25, -0.2) is 0 Å². The Balaban J connectivity index is 2.54. The van der Waals surface area contributed by atoms with Crippen LogP contribution in [0.4, 0.5) is 0 Å². The molecule has 0 saturated carbocycles. The summed E-state index contributed by atoms with van der Waals surface area (Å²) in [5.74, 6) is -0.761. The lowest BCUT2D eigenvalue weighted by Gasteiger charge is -2.14. The number of Topliss-reactive ketones (excluding diaryl/α,β-unsaturated/α-hetero) is 1. The zero-order chi connectivity index (χ0) is 14.4. The van der Waals surface area contributed by atoms with Crippen LogP contribution in [0.1, 0.15) is 41.3 Å². The van der Waals surface area contributed by atoms with Gasteiger partial charge in [0.25, 0.3) is 0 Å². The Morgan fingerprint density at radius 2 is 2.00 bits per heavy atom. The summed E-state index contributed by atoms with van der Waals surface area (Å²) < 4.78 is 0. The molecular weight excluding hydrogens is 242 g/mol. The van der Waals surface area contributed by atoms with Gasteiger partial charge in [0.15, 0.2) is 5.78 Å². The van der Waals surface area contributed by atoms with Gasteiger partial charge in [-0.15, -0.1) is 0 Å². The Morgan fingerprint density at radius 3 is 2.58 bits per heavy atom. The Labute approximate surface area is 113 Å². The summed E-state index contributed by atoms with van der Waals surface area (Å²) in [6.45, 7) is 6.26. The largest absolute Gasteiger partial charge is 0.481 e. The molecule has 1 unspecified atom stereocenters. The fourth-order valence-electron chi connectivity index (χ4n) is 1.97. The molecule has 2 N–H and O–H groups in total. The number of benzene rings is 1. The Hall–Kier alpha value is -1.68. The minimum Gasteiger partial charge on any atom is -0.481 e. The van der Waals surface area contributed by atoms with E-state index in [2.05, 4.69) is 5.32 Å². The molecular formula is C15H21NO3. The smallest absolute Gasteiger partial charge is 0.303 e. The van der Waals surface area contributed by atoms with Gasteiger partial charge in [-0.05, 0) is 39.3 Å². The lowest BCUT2D eigenvalue weighted by Crippen LogP contribution is -2.35. The summed E-state index contributed by atoms with van der Waals surface area (Å²) in [7, 11) is 0. The van der Waals surface area contributed by atoms with Crippen molar-refractivity contribution in [3.63, 3.8) is 0 Å². The average Bonchev–Trinajstić information content (AvgIpc) is 2.33. The lowest BCUT2D eigenvalue weighted by molar-refractivity contribution is -0.137. The monoisotopic (exact) mass is 263 g/mol. The van der Waals surface area contributed by atoms with Crippen LogP contribution in [0.3, 0.4) is 0 Å². The third-order valence-corrected chi connectivity index (χ3v) is 3.06. The van der Waals surface area contributed by atoms with Crippen LogP contribution in [0.5, 0.6) is 0 Å². The SMILES string of the molecule is Cc1ccc(C(=O)C(C)NCCCC(=O)O)c(C)c1. The van der Waals surface area contributed by atoms with Crippen LogP contribution in [0.15, 0.2) is 18.2 Å². The third-order valence-electron chi connectivity index (χ3n) is 3.06. The molecule has 0 amide bonds. The highest BCUT2D eigenvalue weighted by molar-refractivity contribution is 6.01. The number of ketones is 1. The van der Waals surface area contributed by atoms with Gasteiger partial charge in [0.05, 0.1) is 6.04 Å². The Kier molecular flexibility index (Phi) is 5.70. The number of carboxylic acids is 1. The maximum absolute atomic E-state index is 12.2. The first-order valence-corrected chi connectivity index (χ1v) is 6.48. The molecule has 0 fully saturated rings. The molecule has 4 heteroatoms. The number of nitrogens with one attached hydrogen (secondary N) is 1. The molecule has 0 saturated heterocycles. The molecule has 104 valence electrons. The Morgan fingerprint density at radius 1 is 1.32 bits per heavy atom. The number of carbonyl (C=O) groups is 2. The van der Waals surface area contributed by atoms with Gasteiger partial charge in [0, 0.05) is 12.0 Å². The van der Waals surface area contributed by atoms with E-state index in [4.69, 9.17) is 5.11 Å². The zero-order valence-electron chi connectivity index (χ0n) is 11.7. The number of rotatable bonds is 7. The summed E-state index contributed by atoms with van der Waals surface area (Å²) in [4.78, 5) is 22.6. The maximum atomic E-state index is 12.2. The predicted octanol–water partition coefficient (Wildman–Crippen LogP) is 2.33. The van der Waals surface area contributed by atoms with Gasteiger partial charge < -0.3 is 10.4 Å². The van der Waals surface area contributed by atoms with Crippen molar-refractivity contribution in [1.82, 2.24) is 5.32 Å². The molecule has 0 aliphatic carbocycles. The van der Waals surface area contributed by atoms with Crippen molar-refractivity contribution in [2.75, 3.05) is 6.54 Å². The number of hydrogen-bond donors (Lipinski definition) is 2. The fourth-order valence-corrected chi connectivity index (χ4v) is 1.97. The molecule has 0 radical (unpaired) electrons. The van der Waals surface area contributed by atoms with Crippen LogP contribution >= 0.6 is 0 Å². The minimum absolute atomic E-state index is 0.0489. The van der Waals surface area contributed by atoms with E-state index in [1.165, 1.54) is 0 Å². The average molecular weight is 263 g/mol. The highest BCUT2D eigenvalue weighted by Gasteiger charge is 2.16. The van der Waals surface area contributed by atoms with Gasteiger partial charge in [-0.3, -0.25) is 9.59 Å². The topological polar surface area (TPSA) is 66.4 Å². The van der Waals surface area contributed by atoms with E-state index in [1.807, 2.05) is 39.0 Å². The van der Waals surface area contributed by atoms with E-state index in [0.717, 1.165) is 16.7 Å². The Bertz CT molecular complexity index is 468. The second kappa shape index (κ2) is 7.04. The number of hydrogen-bond acceptors (Lipinski definition) is 3. The van der Waals surface area contributed by atoms with Crippen molar-refractivity contribution in [2.45, 2.75) is 39.7 Å². The van der Waals surface area contributed by atoms with Gasteiger partial charge in [-0.2, -0.15) is 0 Å². The summed E-state index contributed by atoms with van der Waals surface area (Å²) in [6.07, 6.45) is 0.650. The molecule has 1 atom stereocenters. The van der Waals surface area contributed by atoms with Gasteiger partial charge in [-0.1, -0.05) is 23.8 Å². The molecule has 0 aliphatic rings. The fraction of sp³-hybridized carbons (Fsp3) is 0.467. The van der Waals surface area contributed by atoms with Crippen molar-refractivity contribution in [2.24, 2.45) is 0 Å². The third kappa shape index (κ3) is 4.83. The van der Waals surface area contributed by atoms with Crippen molar-refractivity contribution < 1.29 is 14.7 Å². The summed E-state index contributed by atoms with van der Waals surface area (Å²) in [5.41, 5.74) is 2.84. The van der Waals surface area contributed by atoms with Gasteiger partial charge >= 0.3 is 5.97 Å². The minimum atomic E-state index is -0.810. The van der Waals surface area contributed by atoms with Crippen LogP contribution in [0.25, 0.3) is 0 Å². The van der Waals surface area contributed by atoms with Crippen LogP contribution in [-0.2, 0) is 4.79 Å². The van der Waals surface area contributed by atoms with Gasteiger partial charge in [0.2, 0.25) is 0 Å². The summed E-state index contributed by atoms with van der Waals surface area (Å²) in [5, 5.41) is 11.6. The molecule has 19 heavy (non-hydrogen) atoms. The van der Waals surface area contributed by atoms with Crippen molar-refractivity contribution in [3.05, 3.63) is 34.9 Å². The van der Waals surface area contributed by atoms with Crippen LogP contribution in [-0.4, -0.2) is 29.4 Å². The molecule has 4 nitrogen and oxygen atoms in total. The number of carboxylic acid groups (broad SMARTS) is 1. The standard InChI is InChI=1S/C15H21NO3/c1-10-6-7-13(11(2)9-10)15(19)12(3)16-8-4-5-14(17)18/h6-7,9,12,16H,4-5,8H2,1-3H3,(H,17,18). The van der Waals surface area contributed by atoms with Crippen LogP contribution in [0, 0.1) is 13.8 Å². The molecule has 1 rings (SSSR count). The molecule has 0 spiro atoms. The first-order valence-electron chi connectivity index (χ1n) is 6.48. The first-order chi connectivity index (χ1) is 8.91. The predicted molar refractivity (Wildman–Crippen MR) is 74.6 cm³/mol. The van der Waals surface area contributed by atoms with E-state index in [1.54, 1.807) is 0 Å². The number of aryl methyl sites for hydroxylation is 2. The second-order valence-corrected chi connectivity index (χ2v) is 4.86. The van der Waals surface area contributed by atoms with Crippen molar-refractivity contribution in [1.29, 1.82) is 0 Å². The number of carbonyl (C=O) groups excluding carboxylic acids is 1. The molecule has 0 aromatic heterocycles. The quantitative estimate of drug-likeness (QED) is 0.585. The molecule has 0 heterocycles. The van der Waals surface area contributed by atoms with E-state index in [0.29, 0.717) is 13.0 Å². The summed E-state index contributed by atoms with van der Waals surface area (Å²) in [6, 6.07) is 5.47. The van der Waals surface area contributed by atoms with E-state index < -0.39 is 5.97 Å². The van der Waals surface area contributed by atoms with E-state index >= 15 is 0 Å². The van der Waals surface area contributed by atoms with E-state index in [-0.39, 0.29) is 18.2 Å². The van der Waals surface area contributed by atoms with Crippen LogP contribution < -0.4 is 5.32 Å². The van der Waals surface area contributed by atoms with Gasteiger partial charge in [0.1, 0.15) is 0 Å². The normalized spacial score (nSPS) is 12.2. The maximum Gasteiger partial charge on any atom is 0.303 e. The molecule has 0 aliphatic heterocycles. The van der Waals surface area contributed by atoms with Crippen molar-refractivity contribution in [3.8, 4) is 0 Å².